The molecule has 0 radical (unpaired) electrons. The van der Waals surface area contributed by atoms with Crippen molar-refractivity contribution in [3.05, 3.63) is 70.5 Å². The number of aromatic amines is 1. The second-order valence-electron chi connectivity index (χ2n) is 5.45. The van der Waals surface area contributed by atoms with E-state index in [-0.39, 0.29) is 5.56 Å². The minimum absolute atomic E-state index is 0.110. The zero-order valence-electron chi connectivity index (χ0n) is 13.9. The van der Waals surface area contributed by atoms with Gasteiger partial charge in [0.25, 0.3) is 5.91 Å². The summed E-state index contributed by atoms with van der Waals surface area (Å²) in [4.78, 5) is 38.6. The van der Waals surface area contributed by atoms with Crippen molar-refractivity contribution in [2.24, 2.45) is 0 Å². The lowest BCUT2D eigenvalue weighted by Crippen LogP contribution is -2.22. The van der Waals surface area contributed by atoms with Gasteiger partial charge in [-0.25, -0.2) is 4.79 Å². The molecule has 3 rings (SSSR count). The molecule has 0 unspecified atom stereocenters. The number of ether oxygens (including phenoxy) is 2. The van der Waals surface area contributed by atoms with Gasteiger partial charge >= 0.3 is 5.97 Å². The second-order valence-corrected chi connectivity index (χ2v) is 5.45. The number of pyridine rings is 1. The second kappa shape index (κ2) is 7.52. The molecule has 3 aromatic rings. The molecule has 7 heteroatoms. The van der Waals surface area contributed by atoms with Gasteiger partial charge in [-0.15, -0.1) is 0 Å². The molecule has 0 saturated carbocycles. The van der Waals surface area contributed by atoms with Gasteiger partial charge in [-0.1, -0.05) is 24.3 Å². The van der Waals surface area contributed by atoms with Gasteiger partial charge in [-0.3, -0.25) is 9.59 Å². The highest BCUT2D eigenvalue weighted by Gasteiger charge is 2.15. The summed E-state index contributed by atoms with van der Waals surface area (Å²) in [6.07, 6.45) is 0. The molecule has 0 spiro atoms. The summed E-state index contributed by atoms with van der Waals surface area (Å²) in [7, 11) is 1.52. The molecular formula is C19H16N2O5. The molecule has 0 aliphatic heterocycles. The molecule has 0 fully saturated rings. The van der Waals surface area contributed by atoms with Crippen LogP contribution in [-0.2, 0) is 9.53 Å². The number of fused-ring (bicyclic) bond motifs is 1. The van der Waals surface area contributed by atoms with Crippen molar-refractivity contribution in [2.75, 3.05) is 19.0 Å². The Morgan fingerprint density at radius 3 is 2.69 bits per heavy atom. The van der Waals surface area contributed by atoms with Crippen LogP contribution in [0.4, 0.5) is 5.69 Å². The van der Waals surface area contributed by atoms with Gasteiger partial charge in [0.05, 0.1) is 12.7 Å². The fourth-order valence-corrected chi connectivity index (χ4v) is 2.48. The average molecular weight is 352 g/mol. The monoisotopic (exact) mass is 352 g/mol. The molecule has 26 heavy (non-hydrogen) atoms. The molecule has 0 aliphatic rings. The summed E-state index contributed by atoms with van der Waals surface area (Å²) in [5.41, 5.74) is 0.731. The van der Waals surface area contributed by atoms with Crippen LogP contribution >= 0.6 is 0 Å². The lowest BCUT2D eigenvalue weighted by Gasteiger charge is -2.09. The first kappa shape index (κ1) is 17.2. The Morgan fingerprint density at radius 1 is 1.08 bits per heavy atom. The minimum atomic E-state index is -0.743. The fraction of sp³-hybridized carbons (Fsp3) is 0.105. The number of para-hydroxylation sites is 1. The number of benzene rings is 2. The zero-order chi connectivity index (χ0) is 18.5. The Hall–Kier alpha value is -3.61. The smallest absolute Gasteiger partial charge is 0.339 e. The molecule has 0 aliphatic carbocycles. The number of methoxy groups -OCH3 is 1. The highest BCUT2D eigenvalue weighted by molar-refractivity contribution is 6.04. The predicted octanol–water partition coefficient (Wildman–Crippen LogP) is 2.33. The van der Waals surface area contributed by atoms with Crippen molar-refractivity contribution >= 4 is 28.5 Å². The number of esters is 1. The first-order valence-electron chi connectivity index (χ1n) is 7.80. The van der Waals surface area contributed by atoms with Gasteiger partial charge in [-0.05, 0) is 18.2 Å². The van der Waals surface area contributed by atoms with E-state index in [1.54, 1.807) is 48.5 Å². The van der Waals surface area contributed by atoms with Gasteiger partial charge in [0, 0.05) is 28.7 Å². The van der Waals surface area contributed by atoms with E-state index < -0.39 is 24.0 Å². The fourth-order valence-electron chi connectivity index (χ4n) is 2.48. The Bertz CT molecular complexity index is 1030. The summed E-state index contributed by atoms with van der Waals surface area (Å²) in [6.45, 7) is -0.475. The van der Waals surface area contributed by atoms with E-state index in [2.05, 4.69) is 10.3 Å². The number of H-pyrrole nitrogens is 1. The molecular weight excluding hydrogens is 336 g/mol. The number of aromatic nitrogens is 1. The van der Waals surface area contributed by atoms with Crippen molar-refractivity contribution < 1.29 is 19.1 Å². The Morgan fingerprint density at radius 2 is 1.88 bits per heavy atom. The summed E-state index contributed by atoms with van der Waals surface area (Å²) >= 11 is 0. The molecule has 2 N–H and O–H groups in total. The van der Waals surface area contributed by atoms with Crippen LogP contribution in [0, 0.1) is 0 Å². The number of rotatable bonds is 5. The van der Waals surface area contributed by atoms with E-state index in [9.17, 15) is 14.4 Å². The summed E-state index contributed by atoms with van der Waals surface area (Å²) in [6, 6.07) is 14.8. The van der Waals surface area contributed by atoms with Gasteiger partial charge < -0.3 is 19.8 Å². The average Bonchev–Trinajstić information content (AvgIpc) is 2.65. The van der Waals surface area contributed by atoms with Gasteiger partial charge in [0.1, 0.15) is 5.75 Å². The van der Waals surface area contributed by atoms with Gasteiger partial charge in [-0.2, -0.15) is 0 Å². The largest absolute Gasteiger partial charge is 0.497 e. The molecule has 1 aromatic heterocycles. The van der Waals surface area contributed by atoms with Gasteiger partial charge in [0.2, 0.25) is 5.56 Å². The van der Waals surface area contributed by atoms with E-state index in [0.29, 0.717) is 22.3 Å². The van der Waals surface area contributed by atoms with E-state index in [0.717, 1.165) is 6.07 Å². The van der Waals surface area contributed by atoms with E-state index >= 15 is 0 Å². The van der Waals surface area contributed by atoms with Gasteiger partial charge in [0.15, 0.2) is 6.61 Å². The topological polar surface area (TPSA) is 97.5 Å². The molecule has 1 heterocycles. The number of hydrogen-bond acceptors (Lipinski definition) is 5. The molecule has 1 amide bonds. The highest BCUT2D eigenvalue weighted by atomic mass is 16.5. The van der Waals surface area contributed by atoms with Crippen LogP contribution in [0.15, 0.2) is 59.4 Å². The number of carbonyl (C=O) groups excluding carboxylic acids is 2. The quantitative estimate of drug-likeness (QED) is 0.687. The number of amides is 1. The van der Waals surface area contributed by atoms with Crippen molar-refractivity contribution in [3.8, 4) is 5.75 Å². The molecule has 7 nitrogen and oxygen atoms in total. The minimum Gasteiger partial charge on any atom is -0.497 e. The first-order valence-corrected chi connectivity index (χ1v) is 7.80. The lowest BCUT2D eigenvalue weighted by molar-refractivity contribution is -0.119. The third kappa shape index (κ3) is 3.89. The number of hydrogen-bond donors (Lipinski definition) is 2. The summed E-state index contributed by atoms with van der Waals surface area (Å²) in [5.74, 6) is -0.649. The zero-order valence-corrected chi connectivity index (χ0v) is 13.9. The SMILES string of the molecule is COc1cccc(NC(=O)COC(=O)c2cc(=O)[nH]c3ccccc23)c1. The maximum atomic E-state index is 12.3. The maximum absolute atomic E-state index is 12.3. The van der Waals surface area contributed by atoms with Crippen molar-refractivity contribution in [3.63, 3.8) is 0 Å². The van der Waals surface area contributed by atoms with E-state index in [4.69, 9.17) is 9.47 Å². The van der Waals surface area contributed by atoms with Crippen LogP contribution < -0.4 is 15.6 Å². The first-order chi connectivity index (χ1) is 12.6. The number of anilines is 1. The highest BCUT2D eigenvalue weighted by Crippen LogP contribution is 2.17. The third-order valence-electron chi connectivity index (χ3n) is 3.66. The molecule has 0 bridgehead atoms. The van der Waals surface area contributed by atoms with Crippen LogP contribution in [-0.4, -0.2) is 30.6 Å². The van der Waals surface area contributed by atoms with Crippen molar-refractivity contribution in [1.29, 1.82) is 0 Å². The van der Waals surface area contributed by atoms with Crippen LogP contribution in [0.25, 0.3) is 10.9 Å². The normalized spacial score (nSPS) is 10.3. The van der Waals surface area contributed by atoms with Crippen LogP contribution in [0.5, 0.6) is 5.75 Å². The molecule has 132 valence electrons. The van der Waals surface area contributed by atoms with Crippen molar-refractivity contribution in [1.82, 2.24) is 4.98 Å². The molecule has 2 aromatic carbocycles. The van der Waals surface area contributed by atoms with E-state index in [1.165, 1.54) is 7.11 Å². The predicted molar refractivity (Wildman–Crippen MR) is 96.5 cm³/mol. The third-order valence-corrected chi connectivity index (χ3v) is 3.66. The maximum Gasteiger partial charge on any atom is 0.339 e. The van der Waals surface area contributed by atoms with Crippen molar-refractivity contribution in [2.45, 2.75) is 0 Å². The summed E-state index contributed by atoms with van der Waals surface area (Å²) < 4.78 is 10.1. The Labute approximate surface area is 148 Å². The van der Waals surface area contributed by atoms with Crippen LogP contribution in [0.2, 0.25) is 0 Å². The molecule has 0 atom stereocenters. The van der Waals surface area contributed by atoms with Crippen LogP contribution in [0.1, 0.15) is 10.4 Å². The Kier molecular flexibility index (Phi) is 4.98. The van der Waals surface area contributed by atoms with E-state index in [1.807, 2.05) is 0 Å². The van der Waals surface area contributed by atoms with Crippen LogP contribution in [0.3, 0.4) is 0 Å². The number of nitrogens with one attached hydrogen (secondary N) is 2. The number of carbonyl (C=O) groups is 2. The summed E-state index contributed by atoms with van der Waals surface area (Å²) in [5, 5.41) is 3.15. The standard InChI is InChI=1S/C19H16N2O5/c1-25-13-6-4-5-12(9-13)20-18(23)11-26-19(24)15-10-17(22)21-16-8-3-2-7-14(15)16/h2-10H,11H2,1H3,(H,20,23)(H,21,22). The lowest BCUT2D eigenvalue weighted by atomic mass is 10.1. The molecule has 0 saturated heterocycles. The Balaban J connectivity index is 1.69.